The van der Waals surface area contributed by atoms with E-state index < -0.39 is 0 Å². The minimum absolute atomic E-state index is 0.213. The summed E-state index contributed by atoms with van der Waals surface area (Å²) in [6, 6.07) is 9.95. The number of benzene rings is 1. The summed E-state index contributed by atoms with van der Waals surface area (Å²) in [5, 5.41) is 19.6. The van der Waals surface area contributed by atoms with Crippen molar-refractivity contribution in [3.05, 3.63) is 42.2 Å². The van der Waals surface area contributed by atoms with Crippen molar-refractivity contribution in [3.8, 4) is 0 Å². The summed E-state index contributed by atoms with van der Waals surface area (Å²) in [7, 11) is 1.83. The minimum Gasteiger partial charge on any atom is -0.409 e. The van der Waals surface area contributed by atoms with Gasteiger partial charge in [-0.05, 0) is 12.1 Å². The van der Waals surface area contributed by atoms with Crippen LogP contribution in [0.5, 0.6) is 0 Å². The molecule has 7 heteroatoms. The normalized spacial score (nSPS) is 11.6. The lowest BCUT2D eigenvalue weighted by Gasteiger charge is -2.23. The van der Waals surface area contributed by atoms with Crippen molar-refractivity contribution in [2.45, 2.75) is 13.0 Å². The summed E-state index contributed by atoms with van der Waals surface area (Å²) in [4.78, 5) is 2.11. The van der Waals surface area contributed by atoms with E-state index in [1.807, 2.05) is 43.6 Å². The van der Waals surface area contributed by atoms with Gasteiger partial charge in [-0.2, -0.15) is 0 Å². The highest BCUT2D eigenvalue weighted by atomic mass is 16.4. The number of hydrogen-bond donors (Lipinski definition) is 2. The van der Waals surface area contributed by atoms with Crippen LogP contribution in [0, 0.1) is 0 Å². The number of nitrogens with zero attached hydrogens (tertiary/aromatic N) is 5. The molecule has 0 fully saturated rings. The molecule has 106 valence electrons. The third kappa shape index (κ3) is 3.71. The van der Waals surface area contributed by atoms with Gasteiger partial charge in [0.2, 0.25) is 0 Å². The quantitative estimate of drug-likeness (QED) is 0.354. The maximum atomic E-state index is 8.63. The Kier molecular flexibility index (Phi) is 4.54. The van der Waals surface area contributed by atoms with E-state index in [-0.39, 0.29) is 5.84 Å². The number of aryl methyl sites for hydroxylation is 1. The van der Waals surface area contributed by atoms with E-state index >= 15 is 0 Å². The van der Waals surface area contributed by atoms with Crippen LogP contribution in [0.1, 0.15) is 12.1 Å². The molecule has 20 heavy (non-hydrogen) atoms. The zero-order valence-corrected chi connectivity index (χ0v) is 11.3. The molecule has 0 aliphatic carbocycles. The van der Waals surface area contributed by atoms with Crippen LogP contribution in [-0.4, -0.2) is 32.6 Å². The number of para-hydroxylation sites is 1. The molecule has 1 aromatic heterocycles. The zero-order valence-electron chi connectivity index (χ0n) is 11.3. The van der Waals surface area contributed by atoms with Gasteiger partial charge in [-0.3, -0.25) is 4.68 Å². The van der Waals surface area contributed by atoms with E-state index in [2.05, 4.69) is 20.4 Å². The van der Waals surface area contributed by atoms with Crippen molar-refractivity contribution in [2.24, 2.45) is 17.9 Å². The number of rotatable bonds is 6. The van der Waals surface area contributed by atoms with Crippen LogP contribution >= 0.6 is 0 Å². The first-order valence-corrected chi connectivity index (χ1v) is 6.30. The van der Waals surface area contributed by atoms with Gasteiger partial charge in [-0.1, -0.05) is 28.6 Å². The summed E-state index contributed by atoms with van der Waals surface area (Å²) < 4.78 is 1.67. The SMILES string of the molecule is Cn1cc(CN(CC/C(N)=N/O)c2ccccc2)nn1. The molecule has 1 aromatic carbocycles. The predicted octanol–water partition coefficient (Wildman–Crippen LogP) is 0.958. The van der Waals surface area contributed by atoms with Crippen molar-refractivity contribution in [1.82, 2.24) is 15.0 Å². The monoisotopic (exact) mass is 274 g/mol. The third-order valence-electron chi connectivity index (χ3n) is 2.89. The maximum Gasteiger partial charge on any atom is 0.140 e. The van der Waals surface area contributed by atoms with Gasteiger partial charge in [-0.15, -0.1) is 5.10 Å². The minimum atomic E-state index is 0.213. The number of amidine groups is 1. The van der Waals surface area contributed by atoms with E-state index in [0.717, 1.165) is 11.4 Å². The van der Waals surface area contributed by atoms with E-state index in [1.165, 1.54) is 0 Å². The van der Waals surface area contributed by atoms with Crippen LogP contribution in [0.2, 0.25) is 0 Å². The van der Waals surface area contributed by atoms with Crippen LogP contribution < -0.4 is 10.6 Å². The fourth-order valence-electron chi connectivity index (χ4n) is 1.90. The average molecular weight is 274 g/mol. The Bertz CT molecular complexity index is 565. The van der Waals surface area contributed by atoms with Gasteiger partial charge in [0.15, 0.2) is 0 Å². The van der Waals surface area contributed by atoms with Crippen LogP contribution in [-0.2, 0) is 13.6 Å². The van der Waals surface area contributed by atoms with Crippen LogP contribution in [0.3, 0.4) is 0 Å². The van der Waals surface area contributed by atoms with Crippen LogP contribution in [0.25, 0.3) is 0 Å². The number of anilines is 1. The molecule has 0 bridgehead atoms. The van der Waals surface area contributed by atoms with Gasteiger partial charge in [0, 0.05) is 31.9 Å². The van der Waals surface area contributed by atoms with E-state index in [1.54, 1.807) is 4.68 Å². The summed E-state index contributed by atoms with van der Waals surface area (Å²) in [6.45, 7) is 1.26. The highest BCUT2D eigenvalue weighted by Gasteiger charge is 2.10. The van der Waals surface area contributed by atoms with Gasteiger partial charge in [0.1, 0.15) is 11.5 Å². The summed E-state index contributed by atoms with van der Waals surface area (Å²) in [5.41, 5.74) is 7.47. The second kappa shape index (κ2) is 6.55. The highest BCUT2D eigenvalue weighted by molar-refractivity contribution is 5.80. The van der Waals surface area contributed by atoms with Crippen molar-refractivity contribution in [3.63, 3.8) is 0 Å². The van der Waals surface area contributed by atoms with Crippen molar-refractivity contribution in [1.29, 1.82) is 0 Å². The van der Waals surface area contributed by atoms with Gasteiger partial charge >= 0.3 is 0 Å². The topological polar surface area (TPSA) is 92.6 Å². The lowest BCUT2D eigenvalue weighted by atomic mass is 10.2. The molecule has 0 amide bonds. The molecule has 0 saturated heterocycles. The average Bonchev–Trinajstić information content (AvgIpc) is 2.89. The molecule has 2 aromatic rings. The Morgan fingerprint density at radius 2 is 2.15 bits per heavy atom. The molecule has 7 nitrogen and oxygen atoms in total. The fourth-order valence-corrected chi connectivity index (χ4v) is 1.90. The van der Waals surface area contributed by atoms with Crippen LogP contribution in [0.4, 0.5) is 5.69 Å². The van der Waals surface area contributed by atoms with Crippen molar-refractivity contribution in [2.75, 3.05) is 11.4 Å². The van der Waals surface area contributed by atoms with E-state index in [4.69, 9.17) is 10.9 Å². The molecule has 3 N–H and O–H groups in total. The largest absolute Gasteiger partial charge is 0.409 e. The summed E-state index contributed by atoms with van der Waals surface area (Å²) >= 11 is 0. The second-order valence-corrected chi connectivity index (χ2v) is 4.48. The molecular weight excluding hydrogens is 256 g/mol. The van der Waals surface area contributed by atoms with Gasteiger partial charge in [-0.25, -0.2) is 0 Å². The standard InChI is InChI=1S/C13H18N6O/c1-18-9-11(15-17-18)10-19(8-7-13(14)16-20)12-5-3-2-4-6-12/h2-6,9,20H,7-8,10H2,1H3,(H2,14,16). The third-order valence-corrected chi connectivity index (χ3v) is 2.89. The summed E-state index contributed by atoms with van der Waals surface area (Å²) in [6.07, 6.45) is 2.35. The Balaban J connectivity index is 2.11. The molecule has 0 radical (unpaired) electrons. The maximum absolute atomic E-state index is 8.63. The number of hydrogen-bond acceptors (Lipinski definition) is 5. The van der Waals surface area contributed by atoms with Gasteiger partial charge < -0.3 is 15.8 Å². The lowest BCUT2D eigenvalue weighted by molar-refractivity contribution is 0.317. The predicted molar refractivity (Wildman–Crippen MR) is 76.5 cm³/mol. The fraction of sp³-hybridized carbons (Fsp3) is 0.308. The van der Waals surface area contributed by atoms with Gasteiger partial charge in [0.05, 0.1) is 6.54 Å². The first-order valence-electron chi connectivity index (χ1n) is 6.30. The molecule has 0 unspecified atom stereocenters. The Labute approximate surface area is 117 Å². The smallest absolute Gasteiger partial charge is 0.140 e. The number of aromatic nitrogens is 3. The highest BCUT2D eigenvalue weighted by Crippen LogP contribution is 2.16. The van der Waals surface area contributed by atoms with E-state index in [9.17, 15) is 0 Å². The second-order valence-electron chi connectivity index (χ2n) is 4.48. The number of nitrogens with two attached hydrogens (primary N) is 1. The molecule has 0 aliphatic rings. The molecule has 0 spiro atoms. The molecule has 0 atom stereocenters. The Morgan fingerprint density at radius 1 is 1.40 bits per heavy atom. The Morgan fingerprint density at radius 3 is 2.75 bits per heavy atom. The molecule has 0 saturated carbocycles. The Hall–Kier alpha value is -2.57. The molecule has 0 aliphatic heterocycles. The molecular formula is C13H18N6O. The first-order chi connectivity index (χ1) is 9.69. The van der Waals surface area contributed by atoms with E-state index in [0.29, 0.717) is 19.5 Å². The molecule has 1 heterocycles. The zero-order chi connectivity index (χ0) is 14.4. The number of oxime groups is 1. The van der Waals surface area contributed by atoms with Gasteiger partial charge in [0.25, 0.3) is 0 Å². The summed E-state index contributed by atoms with van der Waals surface area (Å²) in [5.74, 6) is 0.213. The lowest BCUT2D eigenvalue weighted by Crippen LogP contribution is -2.28. The first kappa shape index (κ1) is 13.9. The van der Waals surface area contributed by atoms with Crippen molar-refractivity contribution >= 4 is 11.5 Å². The van der Waals surface area contributed by atoms with Crippen molar-refractivity contribution < 1.29 is 5.21 Å². The van der Waals surface area contributed by atoms with Crippen LogP contribution in [0.15, 0.2) is 41.7 Å². The molecule has 2 rings (SSSR count).